The van der Waals surface area contributed by atoms with E-state index < -0.39 is 40.3 Å². The highest BCUT2D eigenvalue weighted by molar-refractivity contribution is 7.89. The molecule has 2 aromatic carbocycles. The Labute approximate surface area is 164 Å². The van der Waals surface area contributed by atoms with E-state index in [1.807, 2.05) is 0 Å². The number of hydrogen-bond acceptors (Lipinski definition) is 4. The van der Waals surface area contributed by atoms with Gasteiger partial charge in [0.2, 0.25) is 15.9 Å². The summed E-state index contributed by atoms with van der Waals surface area (Å²) in [6, 6.07) is 7.82. The predicted octanol–water partition coefficient (Wildman–Crippen LogP) is 2.31. The third kappa shape index (κ3) is 5.93. The summed E-state index contributed by atoms with van der Waals surface area (Å²) in [6.07, 6.45) is -4.47. The third-order valence-electron chi connectivity index (χ3n) is 3.67. The normalized spacial score (nSPS) is 13.2. The molecule has 0 aromatic heterocycles. The SMILES string of the molecule is O=C(NCc1ccc(C(F)(F)F)cc1)C(CO)NS(=O)(=O)c1ccc(Cl)cc1. The molecule has 2 rings (SSSR count). The summed E-state index contributed by atoms with van der Waals surface area (Å²) < 4.78 is 64.2. The lowest BCUT2D eigenvalue weighted by molar-refractivity contribution is -0.137. The van der Waals surface area contributed by atoms with Crippen LogP contribution in [0, 0.1) is 0 Å². The lowest BCUT2D eigenvalue weighted by atomic mass is 10.1. The van der Waals surface area contributed by atoms with E-state index in [0.717, 1.165) is 12.1 Å². The van der Waals surface area contributed by atoms with Gasteiger partial charge >= 0.3 is 6.18 Å². The molecule has 0 aliphatic rings. The van der Waals surface area contributed by atoms with Crippen molar-refractivity contribution in [1.29, 1.82) is 0 Å². The Hall–Kier alpha value is -2.14. The smallest absolute Gasteiger partial charge is 0.394 e. The number of aliphatic hydroxyl groups is 1. The van der Waals surface area contributed by atoms with E-state index in [4.69, 9.17) is 11.6 Å². The monoisotopic (exact) mass is 436 g/mol. The molecule has 0 saturated heterocycles. The quantitative estimate of drug-likeness (QED) is 0.620. The molecule has 2 aromatic rings. The summed E-state index contributed by atoms with van der Waals surface area (Å²) in [7, 11) is -4.09. The van der Waals surface area contributed by atoms with Crippen LogP contribution in [0.5, 0.6) is 0 Å². The fourth-order valence-corrected chi connectivity index (χ4v) is 3.48. The van der Waals surface area contributed by atoms with Crippen LogP contribution in [-0.4, -0.2) is 32.1 Å². The molecule has 3 N–H and O–H groups in total. The van der Waals surface area contributed by atoms with Gasteiger partial charge < -0.3 is 10.4 Å². The number of rotatable bonds is 7. The molecule has 0 aliphatic heterocycles. The minimum atomic E-state index is -4.47. The number of amides is 1. The summed E-state index contributed by atoms with van der Waals surface area (Å²) in [6.45, 7) is -0.957. The molecule has 0 radical (unpaired) electrons. The van der Waals surface area contributed by atoms with Gasteiger partial charge in [0.05, 0.1) is 17.1 Å². The van der Waals surface area contributed by atoms with Crippen LogP contribution in [0.25, 0.3) is 0 Å². The van der Waals surface area contributed by atoms with Gasteiger partial charge in [0.15, 0.2) is 0 Å². The Morgan fingerprint density at radius 3 is 2.14 bits per heavy atom. The lowest BCUT2D eigenvalue weighted by Gasteiger charge is -2.16. The standard InChI is InChI=1S/C17H16ClF3N2O4S/c18-13-5-7-14(8-6-13)28(26,27)23-15(10-24)16(25)22-9-11-1-3-12(4-2-11)17(19,20)21/h1-8,15,23-24H,9-10H2,(H,22,25). The number of sulfonamides is 1. The molecule has 0 aliphatic carbocycles. The van der Waals surface area contributed by atoms with Gasteiger partial charge in [-0.25, -0.2) is 8.42 Å². The molecule has 6 nitrogen and oxygen atoms in total. The van der Waals surface area contributed by atoms with Crippen LogP contribution < -0.4 is 10.0 Å². The van der Waals surface area contributed by atoms with Gasteiger partial charge in [0.25, 0.3) is 0 Å². The van der Waals surface area contributed by atoms with E-state index in [2.05, 4.69) is 10.0 Å². The average Bonchev–Trinajstić information content (AvgIpc) is 2.64. The molecule has 0 bridgehead atoms. The second kappa shape index (κ2) is 8.91. The van der Waals surface area contributed by atoms with Crippen LogP contribution in [0.3, 0.4) is 0 Å². The second-order valence-electron chi connectivity index (χ2n) is 5.72. The van der Waals surface area contributed by atoms with Crippen molar-refractivity contribution in [3.05, 3.63) is 64.7 Å². The Balaban J connectivity index is 2.00. The first-order valence-corrected chi connectivity index (χ1v) is 9.71. The van der Waals surface area contributed by atoms with Gasteiger partial charge in [-0.1, -0.05) is 23.7 Å². The van der Waals surface area contributed by atoms with Gasteiger partial charge in [-0.2, -0.15) is 17.9 Å². The largest absolute Gasteiger partial charge is 0.416 e. The fraction of sp³-hybridized carbons (Fsp3) is 0.235. The number of nitrogens with one attached hydrogen (secondary N) is 2. The van der Waals surface area contributed by atoms with Crippen LogP contribution in [0.15, 0.2) is 53.4 Å². The zero-order valence-corrected chi connectivity index (χ0v) is 15.8. The van der Waals surface area contributed by atoms with Crippen molar-refractivity contribution in [3.8, 4) is 0 Å². The minimum absolute atomic E-state index is 0.143. The zero-order chi connectivity index (χ0) is 20.9. The highest BCUT2D eigenvalue weighted by atomic mass is 35.5. The number of halogens is 4. The van der Waals surface area contributed by atoms with E-state index in [9.17, 15) is 31.5 Å². The lowest BCUT2D eigenvalue weighted by Crippen LogP contribution is -2.48. The van der Waals surface area contributed by atoms with Gasteiger partial charge in [-0.3, -0.25) is 4.79 Å². The number of carbonyl (C=O) groups is 1. The average molecular weight is 437 g/mol. The molecule has 11 heteroatoms. The van der Waals surface area contributed by atoms with E-state index in [0.29, 0.717) is 10.6 Å². The number of carbonyl (C=O) groups excluding carboxylic acids is 1. The minimum Gasteiger partial charge on any atom is -0.394 e. The maximum absolute atomic E-state index is 12.5. The highest BCUT2D eigenvalue weighted by Gasteiger charge is 2.30. The maximum atomic E-state index is 12.5. The molecule has 0 saturated carbocycles. The number of hydrogen-bond donors (Lipinski definition) is 3. The summed E-state index contributed by atoms with van der Waals surface area (Å²) in [5.41, 5.74) is -0.454. The van der Waals surface area contributed by atoms with Gasteiger partial charge in [0, 0.05) is 11.6 Å². The molecular weight excluding hydrogens is 421 g/mol. The van der Waals surface area contributed by atoms with Crippen molar-refractivity contribution >= 4 is 27.5 Å². The third-order valence-corrected chi connectivity index (χ3v) is 5.41. The summed E-state index contributed by atoms with van der Waals surface area (Å²) >= 11 is 5.70. The second-order valence-corrected chi connectivity index (χ2v) is 7.87. The number of benzene rings is 2. The van der Waals surface area contributed by atoms with Crippen molar-refractivity contribution in [1.82, 2.24) is 10.0 Å². The number of aliphatic hydroxyl groups excluding tert-OH is 1. The first-order chi connectivity index (χ1) is 13.0. The van der Waals surface area contributed by atoms with Crippen molar-refractivity contribution in [3.63, 3.8) is 0 Å². The topological polar surface area (TPSA) is 95.5 Å². The zero-order valence-electron chi connectivity index (χ0n) is 14.2. The van der Waals surface area contributed by atoms with Gasteiger partial charge in [-0.15, -0.1) is 0 Å². The first kappa shape index (κ1) is 22.2. The van der Waals surface area contributed by atoms with Crippen molar-refractivity contribution in [2.45, 2.75) is 23.7 Å². The highest BCUT2D eigenvalue weighted by Crippen LogP contribution is 2.29. The van der Waals surface area contributed by atoms with E-state index in [-0.39, 0.29) is 11.4 Å². The molecule has 1 unspecified atom stereocenters. The molecule has 0 fully saturated rings. The molecule has 0 heterocycles. The predicted molar refractivity (Wildman–Crippen MR) is 95.9 cm³/mol. The Morgan fingerprint density at radius 1 is 1.07 bits per heavy atom. The van der Waals surface area contributed by atoms with E-state index in [1.54, 1.807) is 0 Å². The van der Waals surface area contributed by atoms with E-state index >= 15 is 0 Å². The molecule has 28 heavy (non-hydrogen) atoms. The Morgan fingerprint density at radius 2 is 1.64 bits per heavy atom. The van der Waals surface area contributed by atoms with Crippen LogP contribution in [0.4, 0.5) is 13.2 Å². The molecule has 152 valence electrons. The van der Waals surface area contributed by atoms with Crippen LogP contribution in [0.1, 0.15) is 11.1 Å². The Bertz CT molecular complexity index is 917. The van der Waals surface area contributed by atoms with Crippen LogP contribution >= 0.6 is 11.6 Å². The van der Waals surface area contributed by atoms with Crippen LogP contribution in [-0.2, 0) is 27.5 Å². The molecule has 1 amide bonds. The van der Waals surface area contributed by atoms with Crippen molar-refractivity contribution in [2.75, 3.05) is 6.61 Å². The van der Waals surface area contributed by atoms with Gasteiger partial charge in [-0.05, 0) is 42.0 Å². The van der Waals surface area contributed by atoms with E-state index in [1.165, 1.54) is 36.4 Å². The van der Waals surface area contributed by atoms with Crippen molar-refractivity contribution < 1.29 is 31.5 Å². The van der Waals surface area contributed by atoms with Crippen LogP contribution in [0.2, 0.25) is 5.02 Å². The Kier molecular flexibility index (Phi) is 7.05. The maximum Gasteiger partial charge on any atom is 0.416 e. The molecule has 0 spiro atoms. The summed E-state index contributed by atoms with van der Waals surface area (Å²) in [4.78, 5) is 12.0. The summed E-state index contributed by atoms with van der Waals surface area (Å²) in [5.74, 6) is -0.833. The molecule has 1 atom stereocenters. The first-order valence-electron chi connectivity index (χ1n) is 7.85. The summed E-state index contributed by atoms with van der Waals surface area (Å²) in [5, 5.41) is 12.0. The fourth-order valence-electron chi connectivity index (χ4n) is 2.17. The van der Waals surface area contributed by atoms with Crippen molar-refractivity contribution in [2.24, 2.45) is 0 Å². The number of alkyl halides is 3. The van der Waals surface area contributed by atoms with Gasteiger partial charge in [0.1, 0.15) is 6.04 Å². The molecular formula is C17H16ClF3N2O4S.